The number of aliphatic hydroxyl groups is 1. The van der Waals surface area contributed by atoms with Crippen molar-refractivity contribution in [1.82, 2.24) is 9.47 Å². The summed E-state index contributed by atoms with van der Waals surface area (Å²) in [5.74, 6) is -0.450. The van der Waals surface area contributed by atoms with Gasteiger partial charge in [-0.15, -0.1) is 0 Å². The molecular formula is C25H28FN3O3. The quantitative estimate of drug-likeness (QED) is 0.664. The summed E-state index contributed by atoms with van der Waals surface area (Å²) < 4.78 is 21.6. The van der Waals surface area contributed by atoms with Crippen LogP contribution in [-0.4, -0.2) is 60.1 Å². The lowest BCUT2D eigenvalue weighted by Crippen LogP contribution is -2.39. The summed E-state index contributed by atoms with van der Waals surface area (Å²) in [6.45, 7) is 4.92. The zero-order valence-corrected chi connectivity index (χ0v) is 18.0. The van der Waals surface area contributed by atoms with E-state index in [-0.39, 0.29) is 12.1 Å². The Bertz CT molecular complexity index is 1170. The molecule has 5 rings (SSSR count). The first kappa shape index (κ1) is 21.1. The molecule has 1 aromatic heterocycles. The Kier molecular flexibility index (Phi) is 5.95. The van der Waals surface area contributed by atoms with Crippen LogP contribution in [0, 0.1) is 5.82 Å². The lowest BCUT2D eigenvalue weighted by atomic mass is 10.00. The summed E-state index contributed by atoms with van der Waals surface area (Å²) in [7, 11) is 0. The van der Waals surface area contributed by atoms with Gasteiger partial charge >= 0.3 is 0 Å². The van der Waals surface area contributed by atoms with Gasteiger partial charge in [-0.3, -0.25) is 9.69 Å². The molecule has 3 heterocycles. The van der Waals surface area contributed by atoms with Gasteiger partial charge in [0.15, 0.2) is 0 Å². The Morgan fingerprint density at radius 3 is 2.59 bits per heavy atom. The summed E-state index contributed by atoms with van der Waals surface area (Å²) in [4.78, 5) is 17.3. The van der Waals surface area contributed by atoms with Crippen molar-refractivity contribution in [2.24, 2.45) is 0 Å². The average Bonchev–Trinajstić information content (AvgIpc) is 2.82. The predicted octanol–water partition coefficient (Wildman–Crippen LogP) is 2.40. The van der Waals surface area contributed by atoms with Crippen molar-refractivity contribution in [2.75, 3.05) is 44.3 Å². The topological polar surface area (TPSA) is 57.9 Å². The molecule has 0 radical (unpaired) electrons. The van der Waals surface area contributed by atoms with Crippen molar-refractivity contribution in [1.29, 1.82) is 0 Å². The summed E-state index contributed by atoms with van der Waals surface area (Å²) >= 11 is 0. The fourth-order valence-electron chi connectivity index (χ4n) is 4.78. The van der Waals surface area contributed by atoms with Crippen molar-refractivity contribution >= 4 is 16.5 Å². The van der Waals surface area contributed by atoms with Gasteiger partial charge in [0.1, 0.15) is 5.82 Å². The number of nitrogens with zero attached hydrogens (tertiary/aromatic N) is 3. The summed E-state index contributed by atoms with van der Waals surface area (Å²) in [6, 6.07) is 13.6. The van der Waals surface area contributed by atoms with E-state index in [1.165, 1.54) is 21.9 Å². The van der Waals surface area contributed by atoms with Crippen LogP contribution < -0.4 is 10.5 Å². The van der Waals surface area contributed by atoms with Crippen LogP contribution in [0.5, 0.6) is 0 Å². The second-order valence-electron chi connectivity index (χ2n) is 8.67. The van der Waals surface area contributed by atoms with E-state index in [1.54, 1.807) is 12.1 Å². The first-order valence-corrected chi connectivity index (χ1v) is 11.2. The Morgan fingerprint density at radius 1 is 1.00 bits per heavy atom. The number of halogens is 1. The minimum atomic E-state index is -0.762. The normalized spacial score (nSPS) is 18.0. The second-order valence-corrected chi connectivity index (χ2v) is 8.67. The first-order valence-electron chi connectivity index (χ1n) is 11.2. The monoisotopic (exact) mass is 437 g/mol. The van der Waals surface area contributed by atoms with E-state index >= 15 is 0 Å². The van der Waals surface area contributed by atoms with Gasteiger partial charge in [0.2, 0.25) is 0 Å². The third-order valence-electron chi connectivity index (χ3n) is 6.48. The number of hydrogen-bond acceptors (Lipinski definition) is 5. The molecule has 0 amide bonds. The number of anilines is 1. The molecule has 0 unspecified atom stereocenters. The van der Waals surface area contributed by atoms with Crippen molar-refractivity contribution in [3.63, 3.8) is 0 Å². The molecule has 168 valence electrons. The van der Waals surface area contributed by atoms with E-state index in [0.29, 0.717) is 30.5 Å². The minimum absolute atomic E-state index is 0.0645. The van der Waals surface area contributed by atoms with E-state index in [0.717, 1.165) is 38.3 Å². The lowest BCUT2D eigenvalue weighted by molar-refractivity contribution is 0.0909. The van der Waals surface area contributed by atoms with E-state index in [4.69, 9.17) is 4.74 Å². The Hall–Kier alpha value is -2.74. The molecule has 32 heavy (non-hydrogen) atoms. The maximum Gasteiger partial charge on any atom is 0.258 e. The lowest BCUT2D eigenvalue weighted by Gasteiger charge is -2.30. The van der Waals surface area contributed by atoms with Gasteiger partial charge in [0.05, 0.1) is 31.2 Å². The molecule has 2 aliphatic heterocycles. The Balaban J connectivity index is 1.32. The van der Waals surface area contributed by atoms with Gasteiger partial charge in [-0.1, -0.05) is 24.3 Å². The standard InChI is InChI=1S/C25H28FN3O3/c26-24-17-29(16-21(30)15-27-8-7-18-3-1-2-4-19(18)14-27)25(31)22-6-5-20(13-23(22)24)28-9-11-32-12-10-28/h1-6,13,17,21,30H,7-12,14-16H2/t21-/m1/s1. The minimum Gasteiger partial charge on any atom is -0.390 e. The highest BCUT2D eigenvalue weighted by molar-refractivity contribution is 5.85. The number of morpholine rings is 1. The molecule has 2 aliphatic rings. The molecule has 0 aliphatic carbocycles. The summed E-state index contributed by atoms with van der Waals surface area (Å²) in [5.41, 5.74) is 3.23. The van der Waals surface area contributed by atoms with Crippen molar-refractivity contribution in [3.05, 3.63) is 76.0 Å². The number of benzene rings is 2. The first-order chi connectivity index (χ1) is 15.6. The van der Waals surface area contributed by atoms with Crippen LogP contribution in [0.4, 0.5) is 10.1 Å². The molecule has 1 saturated heterocycles. The number of pyridine rings is 1. The zero-order valence-electron chi connectivity index (χ0n) is 18.0. The Labute approximate surface area is 186 Å². The number of ether oxygens (including phenoxy) is 1. The summed E-state index contributed by atoms with van der Waals surface area (Å²) in [5, 5.41) is 11.3. The molecule has 3 aromatic rings. The van der Waals surface area contributed by atoms with E-state index < -0.39 is 11.9 Å². The van der Waals surface area contributed by atoms with Crippen LogP contribution in [0.15, 0.2) is 53.5 Å². The highest BCUT2D eigenvalue weighted by Gasteiger charge is 2.20. The third-order valence-corrected chi connectivity index (χ3v) is 6.48. The van der Waals surface area contributed by atoms with Crippen LogP contribution in [0.3, 0.4) is 0 Å². The molecule has 7 heteroatoms. The fraction of sp³-hybridized carbons (Fsp3) is 0.400. The fourth-order valence-corrected chi connectivity index (χ4v) is 4.78. The van der Waals surface area contributed by atoms with E-state index in [9.17, 15) is 14.3 Å². The number of rotatable bonds is 5. The highest BCUT2D eigenvalue weighted by atomic mass is 19.1. The second kappa shape index (κ2) is 9.02. The zero-order chi connectivity index (χ0) is 22.1. The number of hydrogen-bond donors (Lipinski definition) is 1. The molecule has 1 fully saturated rings. The Morgan fingerprint density at radius 2 is 1.78 bits per heavy atom. The number of aliphatic hydroxyl groups excluding tert-OH is 1. The summed E-state index contributed by atoms with van der Waals surface area (Å²) in [6.07, 6.45) is 1.41. The number of fused-ring (bicyclic) bond motifs is 2. The van der Waals surface area contributed by atoms with Crippen LogP contribution in [0.25, 0.3) is 10.8 Å². The molecule has 2 aromatic carbocycles. The molecular weight excluding hydrogens is 409 g/mol. The number of aromatic nitrogens is 1. The van der Waals surface area contributed by atoms with Gasteiger partial charge in [-0.05, 0) is 35.7 Å². The van der Waals surface area contributed by atoms with Crippen LogP contribution in [-0.2, 0) is 24.2 Å². The van der Waals surface area contributed by atoms with Gasteiger partial charge in [0.25, 0.3) is 5.56 Å². The number of β-amino-alcohol motifs (C(OH)–C–C–N with tert-alkyl or cyclic N) is 1. The van der Waals surface area contributed by atoms with Gasteiger partial charge < -0.3 is 19.3 Å². The predicted molar refractivity (Wildman–Crippen MR) is 123 cm³/mol. The molecule has 0 bridgehead atoms. The molecule has 1 N–H and O–H groups in total. The highest BCUT2D eigenvalue weighted by Crippen LogP contribution is 2.23. The van der Waals surface area contributed by atoms with Crippen LogP contribution in [0.1, 0.15) is 11.1 Å². The van der Waals surface area contributed by atoms with Crippen molar-refractivity contribution in [2.45, 2.75) is 25.6 Å². The third kappa shape index (κ3) is 4.28. The molecule has 0 saturated carbocycles. The molecule has 1 atom stereocenters. The molecule has 0 spiro atoms. The largest absolute Gasteiger partial charge is 0.390 e. The molecule has 6 nitrogen and oxygen atoms in total. The maximum absolute atomic E-state index is 15.0. The van der Waals surface area contributed by atoms with Gasteiger partial charge in [-0.2, -0.15) is 0 Å². The van der Waals surface area contributed by atoms with Gasteiger partial charge in [0, 0.05) is 50.0 Å². The average molecular weight is 438 g/mol. The van der Waals surface area contributed by atoms with Gasteiger partial charge in [-0.25, -0.2) is 4.39 Å². The van der Waals surface area contributed by atoms with Crippen molar-refractivity contribution < 1.29 is 14.2 Å². The van der Waals surface area contributed by atoms with Crippen LogP contribution >= 0.6 is 0 Å². The van der Waals surface area contributed by atoms with Crippen molar-refractivity contribution in [3.8, 4) is 0 Å². The van der Waals surface area contributed by atoms with Crippen LogP contribution in [0.2, 0.25) is 0 Å². The maximum atomic E-state index is 15.0. The smallest absolute Gasteiger partial charge is 0.258 e. The SMILES string of the molecule is O=c1c2ccc(N3CCOCC3)cc2c(F)cn1C[C@H](O)CN1CCc2ccccc2C1. The van der Waals surface area contributed by atoms with E-state index in [2.05, 4.69) is 21.9 Å². The van der Waals surface area contributed by atoms with E-state index in [1.807, 2.05) is 18.2 Å².